The fraction of sp³-hybridized carbons (Fsp3) is 0.444. The standard InChI is InChI=1S/C9H12BrN3O3/c1-5(14)3-11-9-8(10)6(2)7(4-12-9)13(15)16/h4-5,14H,3H2,1-2H3,(H,11,12). The van der Waals surface area contributed by atoms with Crippen molar-refractivity contribution >= 4 is 27.4 Å². The first-order valence-electron chi connectivity index (χ1n) is 4.65. The number of aliphatic hydroxyl groups is 1. The SMILES string of the molecule is Cc1c([N+](=O)[O-])cnc(NCC(C)O)c1Br. The highest BCUT2D eigenvalue weighted by Crippen LogP contribution is 2.30. The van der Waals surface area contributed by atoms with Gasteiger partial charge in [-0.15, -0.1) is 0 Å². The molecular formula is C9H12BrN3O3. The molecule has 6 nitrogen and oxygen atoms in total. The zero-order valence-corrected chi connectivity index (χ0v) is 10.5. The number of hydrogen-bond acceptors (Lipinski definition) is 5. The van der Waals surface area contributed by atoms with Crippen molar-refractivity contribution in [1.29, 1.82) is 0 Å². The number of nitro groups is 1. The Hall–Kier alpha value is -1.21. The van der Waals surface area contributed by atoms with Gasteiger partial charge in [-0.3, -0.25) is 10.1 Å². The second-order valence-corrected chi connectivity index (χ2v) is 4.21. The van der Waals surface area contributed by atoms with Crippen LogP contribution in [-0.2, 0) is 0 Å². The molecule has 1 aromatic heterocycles. The molecule has 0 radical (unpaired) electrons. The van der Waals surface area contributed by atoms with Gasteiger partial charge in [-0.1, -0.05) is 0 Å². The van der Waals surface area contributed by atoms with Gasteiger partial charge >= 0.3 is 0 Å². The van der Waals surface area contributed by atoms with Gasteiger partial charge in [0, 0.05) is 12.1 Å². The molecule has 0 spiro atoms. The minimum Gasteiger partial charge on any atom is -0.392 e. The van der Waals surface area contributed by atoms with E-state index in [2.05, 4.69) is 26.2 Å². The van der Waals surface area contributed by atoms with Gasteiger partial charge in [0.15, 0.2) is 0 Å². The van der Waals surface area contributed by atoms with E-state index in [1.165, 1.54) is 6.20 Å². The van der Waals surface area contributed by atoms with Crippen LogP contribution in [0.4, 0.5) is 11.5 Å². The summed E-state index contributed by atoms with van der Waals surface area (Å²) in [5.74, 6) is 0.490. The van der Waals surface area contributed by atoms with E-state index < -0.39 is 11.0 Å². The minimum absolute atomic E-state index is 0.0329. The van der Waals surface area contributed by atoms with Crippen LogP contribution >= 0.6 is 15.9 Å². The van der Waals surface area contributed by atoms with Crippen molar-refractivity contribution in [1.82, 2.24) is 4.98 Å². The van der Waals surface area contributed by atoms with E-state index >= 15 is 0 Å². The molecule has 2 N–H and O–H groups in total. The lowest BCUT2D eigenvalue weighted by molar-refractivity contribution is -0.385. The first-order valence-corrected chi connectivity index (χ1v) is 5.44. The molecule has 7 heteroatoms. The number of nitrogens with one attached hydrogen (secondary N) is 1. The van der Waals surface area contributed by atoms with Crippen molar-refractivity contribution in [2.45, 2.75) is 20.0 Å². The summed E-state index contributed by atoms with van der Waals surface area (Å²) in [7, 11) is 0. The summed E-state index contributed by atoms with van der Waals surface area (Å²) < 4.78 is 0.544. The summed E-state index contributed by atoms with van der Waals surface area (Å²) in [5, 5.41) is 22.6. The number of anilines is 1. The Morgan fingerprint density at radius 1 is 1.75 bits per heavy atom. The molecule has 1 rings (SSSR count). The van der Waals surface area contributed by atoms with Gasteiger partial charge in [0.25, 0.3) is 5.69 Å². The Bertz CT molecular complexity index is 409. The van der Waals surface area contributed by atoms with E-state index in [-0.39, 0.29) is 5.69 Å². The van der Waals surface area contributed by atoms with Gasteiger partial charge in [0.1, 0.15) is 12.0 Å². The average molecular weight is 290 g/mol. The minimum atomic E-state index is -0.510. The number of aromatic nitrogens is 1. The Balaban J connectivity index is 2.98. The van der Waals surface area contributed by atoms with Crippen molar-refractivity contribution < 1.29 is 10.0 Å². The van der Waals surface area contributed by atoms with E-state index in [0.717, 1.165) is 0 Å². The molecule has 0 saturated carbocycles. The molecule has 0 aliphatic rings. The number of halogens is 1. The molecular weight excluding hydrogens is 278 g/mol. The first-order chi connectivity index (χ1) is 7.43. The molecule has 1 unspecified atom stereocenters. The highest BCUT2D eigenvalue weighted by molar-refractivity contribution is 9.10. The molecule has 0 bridgehead atoms. The fourth-order valence-corrected chi connectivity index (χ4v) is 1.57. The topological polar surface area (TPSA) is 88.3 Å². The number of hydrogen-bond donors (Lipinski definition) is 2. The van der Waals surface area contributed by atoms with Gasteiger partial charge in [-0.25, -0.2) is 4.98 Å². The Labute approximate surface area is 101 Å². The fourth-order valence-electron chi connectivity index (χ4n) is 1.12. The summed E-state index contributed by atoms with van der Waals surface area (Å²) in [4.78, 5) is 14.1. The van der Waals surface area contributed by atoms with Crippen LogP contribution in [0.15, 0.2) is 10.7 Å². The Morgan fingerprint density at radius 3 is 2.88 bits per heavy atom. The van der Waals surface area contributed by atoms with Crippen LogP contribution in [0.1, 0.15) is 12.5 Å². The van der Waals surface area contributed by atoms with Crippen molar-refractivity contribution in [3.8, 4) is 0 Å². The number of rotatable bonds is 4. The van der Waals surface area contributed by atoms with Gasteiger partial charge in [-0.2, -0.15) is 0 Å². The summed E-state index contributed by atoms with van der Waals surface area (Å²) >= 11 is 3.24. The third-order valence-electron chi connectivity index (χ3n) is 2.00. The molecule has 0 aromatic carbocycles. The summed E-state index contributed by atoms with van der Waals surface area (Å²) in [6, 6.07) is 0. The molecule has 0 fully saturated rings. The van der Waals surface area contributed by atoms with E-state index in [0.29, 0.717) is 22.4 Å². The van der Waals surface area contributed by atoms with Gasteiger partial charge in [-0.05, 0) is 29.8 Å². The van der Waals surface area contributed by atoms with Crippen LogP contribution in [0.25, 0.3) is 0 Å². The lowest BCUT2D eigenvalue weighted by Crippen LogP contribution is -2.16. The zero-order valence-electron chi connectivity index (χ0n) is 8.90. The molecule has 1 aromatic rings. The number of aliphatic hydroxyl groups excluding tert-OH is 1. The van der Waals surface area contributed by atoms with Crippen LogP contribution in [0.3, 0.4) is 0 Å². The molecule has 1 atom stereocenters. The third-order valence-corrected chi connectivity index (χ3v) is 2.97. The largest absolute Gasteiger partial charge is 0.392 e. The molecule has 16 heavy (non-hydrogen) atoms. The van der Waals surface area contributed by atoms with Crippen LogP contribution in [0.5, 0.6) is 0 Å². The normalized spacial score (nSPS) is 12.2. The predicted octanol–water partition coefficient (Wildman–Crippen LogP) is 1.85. The maximum atomic E-state index is 10.6. The van der Waals surface area contributed by atoms with Crippen LogP contribution in [-0.4, -0.2) is 27.7 Å². The number of pyridine rings is 1. The lowest BCUT2D eigenvalue weighted by atomic mass is 10.2. The molecule has 0 saturated heterocycles. The van der Waals surface area contributed by atoms with E-state index in [1.807, 2.05) is 0 Å². The van der Waals surface area contributed by atoms with Crippen LogP contribution in [0.2, 0.25) is 0 Å². The highest BCUT2D eigenvalue weighted by Gasteiger charge is 2.16. The van der Waals surface area contributed by atoms with Crippen molar-refractivity contribution in [3.63, 3.8) is 0 Å². The van der Waals surface area contributed by atoms with Crippen molar-refractivity contribution in [2.24, 2.45) is 0 Å². The quantitative estimate of drug-likeness (QED) is 0.652. The van der Waals surface area contributed by atoms with Crippen LogP contribution in [0, 0.1) is 17.0 Å². The smallest absolute Gasteiger partial charge is 0.291 e. The van der Waals surface area contributed by atoms with Gasteiger partial charge in [0.2, 0.25) is 0 Å². The highest BCUT2D eigenvalue weighted by atomic mass is 79.9. The molecule has 0 aliphatic heterocycles. The molecule has 1 heterocycles. The number of nitrogens with zero attached hydrogens (tertiary/aromatic N) is 2. The predicted molar refractivity (Wildman–Crippen MR) is 63.5 cm³/mol. The maximum absolute atomic E-state index is 10.6. The first kappa shape index (κ1) is 12.9. The molecule has 0 aliphatic carbocycles. The van der Waals surface area contributed by atoms with Crippen LogP contribution < -0.4 is 5.32 Å². The van der Waals surface area contributed by atoms with Crippen molar-refractivity contribution in [2.75, 3.05) is 11.9 Å². The summed E-state index contributed by atoms with van der Waals surface area (Å²) in [5.41, 5.74) is 0.475. The third kappa shape index (κ3) is 2.89. The molecule has 88 valence electrons. The lowest BCUT2D eigenvalue weighted by Gasteiger charge is -2.10. The maximum Gasteiger partial charge on any atom is 0.291 e. The molecule has 0 amide bonds. The average Bonchev–Trinajstić information content (AvgIpc) is 2.19. The monoisotopic (exact) mass is 289 g/mol. The van der Waals surface area contributed by atoms with E-state index in [9.17, 15) is 10.1 Å². The van der Waals surface area contributed by atoms with E-state index in [1.54, 1.807) is 13.8 Å². The van der Waals surface area contributed by atoms with Gasteiger partial charge in [0.05, 0.1) is 15.5 Å². The Morgan fingerprint density at radius 2 is 2.38 bits per heavy atom. The van der Waals surface area contributed by atoms with Crippen molar-refractivity contribution in [3.05, 3.63) is 26.3 Å². The summed E-state index contributed by atoms with van der Waals surface area (Å²) in [6.45, 7) is 3.61. The Kier molecular flexibility index (Phi) is 4.19. The summed E-state index contributed by atoms with van der Waals surface area (Å²) in [6.07, 6.45) is 0.689. The zero-order chi connectivity index (χ0) is 12.3. The second kappa shape index (κ2) is 5.22. The van der Waals surface area contributed by atoms with E-state index in [4.69, 9.17) is 5.11 Å². The second-order valence-electron chi connectivity index (χ2n) is 3.42. The van der Waals surface area contributed by atoms with Gasteiger partial charge < -0.3 is 10.4 Å².